The molecule has 3 aromatic carbocycles. The summed E-state index contributed by atoms with van der Waals surface area (Å²) in [5, 5.41) is 0.679. The van der Waals surface area contributed by atoms with Crippen LogP contribution in [0.25, 0.3) is 10.9 Å². The molecule has 50 heavy (non-hydrogen) atoms. The van der Waals surface area contributed by atoms with E-state index in [2.05, 4.69) is 9.88 Å². The summed E-state index contributed by atoms with van der Waals surface area (Å²) in [4.78, 5) is 44.7. The maximum absolute atomic E-state index is 15.3. The van der Waals surface area contributed by atoms with Gasteiger partial charge >= 0.3 is 5.97 Å². The normalized spacial score (nSPS) is 18.6. The number of nitrogens with two attached hydrogens (primary N) is 1. The molecule has 2 aliphatic carbocycles. The molecule has 3 fully saturated rings. The summed E-state index contributed by atoms with van der Waals surface area (Å²) in [6.07, 6.45) is 5.35. The van der Waals surface area contributed by atoms with Gasteiger partial charge in [-0.2, -0.15) is 0 Å². The summed E-state index contributed by atoms with van der Waals surface area (Å²) >= 11 is 0. The lowest BCUT2D eigenvalue weighted by Gasteiger charge is -2.17. The molecular formula is C39H39F2N3O6. The molecule has 2 N–H and O–H groups in total. The number of hydrogen-bond acceptors (Lipinski definition) is 9. The number of likely N-dealkylation sites (tertiary alicyclic amines) is 1. The van der Waals surface area contributed by atoms with E-state index >= 15 is 4.39 Å². The third kappa shape index (κ3) is 7.25. The number of ether oxygens (including phenoxy) is 3. The van der Waals surface area contributed by atoms with Gasteiger partial charge in [0, 0.05) is 55.5 Å². The number of carbonyl (C=O) groups excluding carboxylic acids is 3. The minimum absolute atomic E-state index is 0.00234. The summed E-state index contributed by atoms with van der Waals surface area (Å²) in [7, 11) is 0. The zero-order chi connectivity index (χ0) is 34.9. The van der Waals surface area contributed by atoms with Crippen molar-refractivity contribution in [3.05, 3.63) is 95.7 Å². The Morgan fingerprint density at radius 2 is 1.62 bits per heavy atom. The quantitative estimate of drug-likeness (QED) is 0.0950. The number of rotatable bonds is 15. The van der Waals surface area contributed by atoms with Crippen LogP contribution >= 0.6 is 0 Å². The van der Waals surface area contributed by atoms with Crippen LogP contribution in [-0.2, 0) is 32.0 Å². The van der Waals surface area contributed by atoms with Crippen LogP contribution in [0.5, 0.6) is 17.2 Å². The van der Waals surface area contributed by atoms with E-state index in [9.17, 15) is 18.8 Å². The van der Waals surface area contributed by atoms with Gasteiger partial charge in [-0.15, -0.1) is 0 Å². The second kappa shape index (κ2) is 13.9. The molecule has 0 bridgehead atoms. The standard InChI is InChI=1S/C39H39F2N3O6/c40-27-5-2-25(3-6-27)19-34(45)39(13-14-39)35(46)20-26-4-9-33(30(41)18-26)49-32-10-15-43-31-21-28(7-8-29(31)32)48-17-1-16-44-23-36(50-37(47)22-42)38(24-44)11-12-38/h2-10,15,18,21,36H,1,11-14,16-17,19-20,22-24,42H2. The molecule has 4 aromatic rings. The van der Waals surface area contributed by atoms with E-state index in [1.165, 1.54) is 24.3 Å². The lowest BCUT2D eigenvalue weighted by molar-refractivity contribution is -0.149. The summed E-state index contributed by atoms with van der Waals surface area (Å²) < 4.78 is 46.1. The third-order valence-corrected chi connectivity index (χ3v) is 10.2. The van der Waals surface area contributed by atoms with E-state index in [1.807, 2.05) is 18.2 Å². The van der Waals surface area contributed by atoms with E-state index in [-0.39, 0.29) is 60.0 Å². The molecule has 1 aromatic heterocycles. The van der Waals surface area contributed by atoms with Crippen LogP contribution in [0.1, 0.15) is 43.2 Å². The number of ketones is 2. The SMILES string of the molecule is NCC(=O)OC1CN(CCCOc2ccc3c(Oc4ccc(CC(=O)C5(C(=O)Cc6ccc(F)cc6)CC5)cc4F)ccnc3c2)CC12CC2. The summed E-state index contributed by atoms with van der Waals surface area (Å²) in [6.45, 7) is 2.87. The van der Waals surface area contributed by atoms with E-state index in [0.29, 0.717) is 53.0 Å². The van der Waals surface area contributed by atoms with E-state index < -0.39 is 11.2 Å². The first-order valence-electron chi connectivity index (χ1n) is 17.1. The molecule has 11 heteroatoms. The minimum atomic E-state index is -1.06. The number of esters is 1. The number of benzene rings is 3. The van der Waals surface area contributed by atoms with Crippen molar-refractivity contribution in [1.82, 2.24) is 9.88 Å². The third-order valence-electron chi connectivity index (χ3n) is 10.2. The van der Waals surface area contributed by atoms with Gasteiger partial charge in [-0.05, 0) is 85.7 Å². The van der Waals surface area contributed by atoms with Gasteiger partial charge in [-0.25, -0.2) is 8.78 Å². The number of Topliss-reactive ketones (excluding diaryl/α,β-unsaturated/α-hetero) is 2. The number of hydrogen-bond donors (Lipinski definition) is 1. The van der Waals surface area contributed by atoms with Gasteiger partial charge in [-0.3, -0.25) is 24.3 Å². The molecule has 1 atom stereocenters. The molecule has 7 rings (SSSR count). The predicted octanol–water partition coefficient (Wildman–Crippen LogP) is 5.74. The Balaban J connectivity index is 0.922. The van der Waals surface area contributed by atoms with Crippen LogP contribution in [0.15, 0.2) is 72.9 Å². The summed E-state index contributed by atoms with van der Waals surface area (Å²) in [6, 6.07) is 17.2. The number of pyridine rings is 1. The summed E-state index contributed by atoms with van der Waals surface area (Å²) in [5.74, 6) is -0.727. The molecule has 2 saturated carbocycles. The number of fused-ring (bicyclic) bond motifs is 1. The van der Waals surface area contributed by atoms with Crippen LogP contribution in [-0.4, -0.2) is 66.3 Å². The fourth-order valence-electron chi connectivity index (χ4n) is 6.98. The van der Waals surface area contributed by atoms with E-state index in [4.69, 9.17) is 19.9 Å². The number of nitrogens with zero attached hydrogens (tertiary/aromatic N) is 2. The first-order valence-corrected chi connectivity index (χ1v) is 17.1. The maximum Gasteiger partial charge on any atom is 0.320 e. The Morgan fingerprint density at radius 1 is 0.880 bits per heavy atom. The molecule has 0 radical (unpaired) electrons. The monoisotopic (exact) mass is 683 g/mol. The van der Waals surface area contributed by atoms with Crippen LogP contribution < -0.4 is 15.2 Å². The molecule has 260 valence electrons. The van der Waals surface area contributed by atoms with Crippen molar-refractivity contribution in [3.8, 4) is 17.2 Å². The lowest BCUT2D eigenvalue weighted by atomic mass is 9.88. The molecule has 1 aliphatic heterocycles. The van der Waals surface area contributed by atoms with Crippen LogP contribution in [0.2, 0.25) is 0 Å². The molecule has 1 unspecified atom stereocenters. The van der Waals surface area contributed by atoms with Crippen molar-refractivity contribution in [2.45, 2.75) is 51.0 Å². The van der Waals surface area contributed by atoms with Gasteiger partial charge in [0.05, 0.1) is 24.1 Å². The predicted molar refractivity (Wildman–Crippen MR) is 181 cm³/mol. The Morgan fingerprint density at radius 3 is 2.32 bits per heavy atom. The number of carbonyl (C=O) groups is 3. The molecule has 1 spiro atoms. The molecule has 2 heterocycles. The van der Waals surface area contributed by atoms with Crippen LogP contribution in [0, 0.1) is 22.5 Å². The lowest BCUT2D eigenvalue weighted by Crippen LogP contribution is -2.31. The number of halogens is 2. The molecule has 3 aliphatic rings. The Hall–Kier alpha value is -4.74. The largest absolute Gasteiger partial charge is 0.493 e. The van der Waals surface area contributed by atoms with Crippen molar-refractivity contribution >= 4 is 28.4 Å². The van der Waals surface area contributed by atoms with Crippen molar-refractivity contribution < 1.29 is 37.4 Å². The van der Waals surface area contributed by atoms with E-state index in [1.54, 1.807) is 30.5 Å². The second-order valence-corrected chi connectivity index (χ2v) is 13.7. The minimum Gasteiger partial charge on any atom is -0.493 e. The highest BCUT2D eigenvalue weighted by molar-refractivity contribution is 6.11. The van der Waals surface area contributed by atoms with Gasteiger partial charge < -0.3 is 19.9 Å². The fourth-order valence-corrected chi connectivity index (χ4v) is 6.98. The molecule has 1 saturated heterocycles. The smallest absolute Gasteiger partial charge is 0.320 e. The molecule has 9 nitrogen and oxygen atoms in total. The molecular weight excluding hydrogens is 644 g/mol. The van der Waals surface area contributed by atoms with Crippen molar-refractivity contribution in [1.29, 1.82) is 0 Å². The maximum atomic E-state index is 15.3. The van der Waals surface area contributed by atoms with Gasteiger partial charge in [0.25, 0.3) is 0 Å². The Bertz CT molecular complexity index is 1930. The topological polar surface area (TPSA) is 121 Å². The first-order chi connectivity index (χ1) is 24.2. The second-order valence-electron chi connectivity index (χ2n) is 13.7. The zero-order valence-electron chi connectivity index (χ0n) is 27.7. The van der Waals surface area contributed by atoms with Gasteiger partial charge in [0.15, 0.2) is 23.1 Å². The van der Waals surface area contributed by atoms with Crippen molar-refractivity contribution in [2.24, 2.45) is 16.6 Å². The highest BCUT2D eigenvalue weighted by Crippen LogP contribution is 2.54. The Labute approximate surface area is 288 Å². The van der Waals surface area contributed by atoms with Gasteiger partial charge in [0.2, 0.25) is 0 Å². The number of aromatic nitrogens is 1. The van der Waals surface area contributed by atoms with Crippen molar-refractivity contribution in [3.63, 3.8) is 0 Å². The zero-order valence-corrected chi connectivity index (χ0v) is 27.7. The Kier molecular flexibility index (Phi) is 9.36. The van der Waals surface area contributed by atoms with Gasteiger partial charge in [0.1, 0.15) is 23.4 Å². The average Bonchev–Trinajstić information content (AvgIpc) is 4.04. The first kappa shape index (κ1) is 33.7. The van der Waals surface area contributed by atoms with Crippen LogP contribution in [0.3, 0.4) is 0 Å². The average molecular weight is 684 g/mol. The van der Waals surface area contributed by atoms with Crippen LogP contribution in [0.4, 0.5) is 8.78 Å². The fraction of sp³-hybridized carbons (Fsp3) is 0.385. The highest BCUT2D eigenvalue weighted by atomic mass is 19.1. The van der Waals surface area contributed by atoms with Gasteiger partial charge in [-0.1, -0.05) is 18.2 Å². The highest BCUT2D eigenvalue weighted by Gasteiger charge is 2.57. The van der Waals surface area contributed by atoms with Crippen molar-refractivity contribution in [2.75, 3.05) is 32.8 Å². The molecule has 0 amide bonds. The summed E-state index contributed by atoms with van der Waals surface area (Å²) in [5.41, 5.74) is 6.20. The van der Waals surface area contributed by atoms with E-state index in [0.717, 1.165) is 38.9 Å².